The summed E-state index contributed by atoms with van der Waals surface area (Å²) in [5, 5.41) is 6.54. The first kappa shape index (κ1) is 16.5. The first-order valence-electron chi connectivity index (χ1n) is 6.05. The Hall–Kier alpha value is -1.57. The Morgan fingerprint density at radius 2 is 2.00 bits per heavy atom. The van der Waals surface area contributed by atoms with Crippen LogP contribution in [0.1, 0.15) is 38.2 Å². The van der Waals surface area contributed by atoms with E-state index in [-0.39, 0.29) is 12.3 Å². The number of rotatable bonds is 3. The van der Waals surface area contributed by atoms with Crippen LogP contribution in [0.2, 0.25) is 0 Å². The van der Waals surface area contributed by atoms with Gasteiger partial charge in [0.1, 0.15) is 11.4 Å². The first-order chi connectivity index (χ1) is 9.15. The number of carbonyl (C=O) groups excluding carboxylic acids is 2. The third kappa shape index (κ3) is 4.22. The summed E-state index contributed by atoms with van der Waals surface area (Å²) in [5.41, 5.74) is -0.514. The summed E-state index contributed by atoms with van der Waals surface area (Å²) in [5.74, 6) is -0.241. The summed E-state index contributed by atoms with van der Waals surface area (Å²) >= 11 is 3.23. The maximum absolute atomic E-state index is 11.7. The normalized spacial score (nSPS) is 11.1. The summed E-state index contributed by atoms with van der Waals surface area (Å²) in [6, 6.07) is 0. The third-order valence-electron chi connectivity index (χ3n) is 2.08. The molecule has 1 aromatic rings. The number of anilines is 1. The van der Waals surface area contributed by atoms with E-state index in [1.165, 1.54) is 4.68 Å². The second kappa shape index (κ2) is 6.25. The van der Waals surface area contributed by atoms with E-state index in [4.69, 9.17) is 9.47 Å². The van der Waals surface area contributed by atoms with E-state index < -0.39 is 17.7 Å². The highest BCUT2D eigenvalue weighted by Gasteiger charge is 2.24. The summed E-state index contributed by atoms with van der Waals surface area (Å²) < 4.78 is 11.7. The number of esters is 1. The molecule has 8 heteroatoms. The van der Waals surface area contributed by atoms with Crippen molar-refractivity contribution in [3.8, 4) is 0 Å². The molecule has 0 aromatic carbocycles. The minimum Gasteiger partial charge on any atom is -0.461 e. The van der Waals surface area contributed by atoms with Gasteiger partial charge in [-0.1, -0.05) is 0 Å². The monoisotopic (exact) mass is 347 g/mol. The van der Waals surface area contributed by atoms with Crippen LogP contribution in [0.4, 0.5) is 10.6 Å². The van der Waals surface area contributed by atoms with E-state index in [9.17, 15) is 9.59 Å². The van der Waals surface area contributed by atoms with Gasteiger partial charge in [-0.3, -0.25) is 10.00 Å². The van der Waals surface area contributed by atoms with Crippen LogP contribution in [0.15, 0.2) is 4.47 Å². The second-order valence-corrected chi connectivity index (χ2v) is 5.78. The molecule has 0 atom stereocenters. The minimum absolute atomic E-state index is 0.0976. The maximum atomic E-state index is 11.7. The fourth-order valence-electron chi connectivity index (χ4n) is 1.36. The molecular formula is C12H18BrN3O4. The van der Waals surface area contributed by atoms with Gasteiger partial charge in [0.25, 0.3) is 0 Å². The first-order valence-corrected chi connectivity index (χ1v) is 6.84. The Balaban J connectivity index is 2.92. The summed E-state index contributed by atoms with van der Waals surface area (Å²) in [4.78, 5) is 23.4. The predicted octanol–water partition coefficient (Wildman–Crippen LogP) is 2.71. The molecular weight excluding hydrogens is 330 g/mol. The van der Waals surface area contributed by atoms with E-state index in [1.807, 2.05) is 0 Å². The predicted molar refractivity (Wildman–Crippen MR) is 76.7 cm³/mol. The molecule has 1 rings (SSSR count). The maximum Gasteiger partial charge on any atom is 0.413 e. The number of hydrogen-bond acceptors (Lipinski definition) is 5. The highest BCUT2D eigenvalue weighted by Crippen LogP contribution is 2.27. The van der Waals surface area contributed by atoms with E-state index in [0.29, 0.717) is 10.3 Å². The molecule has 0 aliphatic heterocycles. The van der Waals surface area contributed by atoms with E-state index in [0.717, 1.165) is 0 Å². The van der Waals surface area contributed by atoms with Gasteiger partial charge in [0.05, 0.1) is 11.1 Å². The molecule has 0 saturated heterocycles. The van der Waals surface area contributed by atoms with E-state index >= 15 is 0 Å². The number of halogens is 1. The topological polar surface area (TPSA) is 82.5 Å². The molecule has 1 heterocycles. The molecule has 1 aromatic heterocycles. The van der Waals surface area contributed by atoms with Crippen molar-refractivity contribution in [3.63, 3.8) is 0 Å². The van der Waals surface area contributed by atoms with Crippen LogP contribution in [-0.2, 0) is 16.5 Å². The van der Waals surface area contributed by atoms with Crippen LogP contribution < -0.4 is 5.32 Å². The lowest BCUT2D eigenvalue weighted by Gasteiger charge is -2.19. The van der Waals surface area contributed by atoms with Gasteiger partial charge in [0.2, 0.25) is 0 Å². The minimum atomic E-state index is -0.628. The largest absolute Gasteiger partial charge is 0.461 e. The third-order valence-corrected chi connectivity index (χ3v) is 2.83. The van der Waals surface area contributed by atoms with Crippen molar-refractivity contribution in [2.45, 2.75) is 33.3 Å². The number of hydrogen-bond donors (Lipinski definition) is 1. The van der Waals surface area contributed by atoms with Gasteiger partial charge in [-0.25, -0.2) is 9.59 Å². The van der Waals surface area contributed by atoms with Crippen molar-refractivity contribution in [2.75, 3.05) is 11.9 Å². The van der Waals surface area contributed by atoms with Gasteiger partial charge < -0.3 is 9.47 Å². The van der Waals surface area contributed by atoms with Gasteiger partial charge in [0, 0.05) is 7.05 Å². The number of aryl methyl sites for hydroxylation is 1. The van der Waals surface area contributed by atoms with Crippen molar-refractivity contribution in [2.24, 2.45) is 7.05 Å². The number of carbonyl (C=O) groups is 2. The van der Waals surface area contributed by atoms with Gasteiger partial charge in [0.15, 0.2) is 5.69 Å². The van der Waals surface area contributed by atoms with Gasteiger partial charge in [-0.2, -0.15) is 5.10 Å². The van der Waals surface area contributed by atoms with Crippen molar-refractivity contribution in [1.29, 1.82) is 0 Å². The molecule has 0 fully saturated rings. The number of aromatic nitrogens is 2. The lowest BCUT2D eigenvalue weighted by Crippen LogP contribution is -2.28. The molecule has 0 radical (unpaired) electrons. The van der Waals surface area contributed by atoms with Gasteiger partial charge >= 0.3 is 12.1 Å². The number of nitrogens with zero attached hydrogens (tertiary/aromatic N) is 2. The van der Waals surface area contributed by atoms with Crippen LogP contribution in [0.3, 0.4) is 0 Å². The highest BCUT2D eigenvalue weighted by molar-refractivity contribution is 9.10. The van der Waals surface area contributed by atoms with Crippen LogP contribution in [0.5, 0.6) is 0 Å². The fourth-order valence-corrected chi connectivity index (χ4v) is 1.96. The average Bonchev–Trinajstić information content (AvgIpc) is 2.55. The van der Waals surface area contributed by atoms with Crippen molar-refractivity contribution >= 4 is 33.8 Å². The van der Waals surface area contributed by atoms with Crippen molar-refractivity contribution in [1.82, 2.24) is 9.78 Å². The molecule has 0 spiro atoms. The molecule has 112 valence electrons. The Bertz CT molecular complexity index is 520. The Morgan fingerprint density at radius 1 is 1.40 bits per heavy atom. The summed E-state index contributed by atoms with van der Waals surface area (Å²) in [6.45, 7) is 7.23. The molecule has 20 heavy (non-hydrogen) atoms. The SMILES string of the molecule is CCOC(=O)c1nn(C)c(NC(=O)OC(C)(C)C)c1Br. The zero-order chi connectivity index (χ0) is 15.5. The van der Waals surface area contributed by atoms with Crippen LogP contribution in [0.25, 0.3) is 0 Å². The number of nitrogens with one attached hydrogen (secondary N) is 1. The van der Waals surface area contributed by atoms with Crippen LogP contribution in [0, 0.1) is 0 Å². The number of ether oxygens (including phenoxy) is 2. The standard InChI is InChI=1S/C12H18BrN3O4/c1-6-19-10(17)8-7(13)9(16(5)15-8)14-11(18)20-12(2,3)4/h6H2,1-5H3,(H,14,18). The fraction of sp³-hybridized carbons (Fsp3) is 0.583. The molecule has 0 aliphatic carbocycles. The number of amides is 1. The molecule has 0 aliphatic rings. The lowest BCUT2D eigenvalue weighted by atomic mass is 10.2. The molecule has 0 saturated carbocycles. The zero-order valence-corrected chi connectivity index (χ0v) is 13.7. The molecule has 0 bridgehead atoms. The quantitative estimate of drug-likeness (QED) is 0.850. The molecule has 7 nitrogen and oxygen atoms in total. The highest BCUT2D eigenvalue weighted by atomic mass is 79.9. The Kier molecular flexibility index (Phi) is 5.15. The Morgan fingerprint density at radius 3 is 2.50 bits per heavy atom. The zero-order valence-electron chi connectivity index (χ0n) is 12.1. The van der Waals surface area contributed by atoms with Gasteiger partial charge in [-0.05, 0) is 43.6 Å². The van der Waals surface area contributed by atoms with E-state index in [2.05, 4.69) is 26.3 Å². The van der Waals surface area contributed by atoms with Gasteiger partial charge in [-0.15, -0.1) is 0 Å². The van der Waals surface area contributed by atoms with Crippen molar-refractivity contribution < 1.29 is 19.1 Å². The van der Waals surface area contributed by atoms with E-state index in [1.54, 1.807) is 34.7 Å². The van der Waals surface area contributed by atoms with Crippen LogP contribution in [-0.4, -0.2) is 34.1 Å². The Labute approximate surface area is 125 Å². The molecule has 1 amide bonds. The summed E-state index contributed by atoms with van der Waals surface area (Å²) in [7, 11) is 1.60. The molecule has 0 unspecified atom stereocenters. The smallest absolute Gasteiger partial charge is 0.413 e. The summed E-state index contributed by atoms with van der Waals surface area (Å²) in [6.07, 6.45) is -0.628. The van der Waals surface area contributed by atoms with Crippen molar-refractivity contribution in [3.05, 3.63) is 10.2 Å². The lowest BCUT2D eigenvalue weighted by molar-refractivity contribution is 0.0516. The average molecular weight is 348 g/mol. The van der Waals surface area contributed by atoms with Crippen LogP contribution >= 0.6 is 15.9 Å². The second-order valence-electron chi connectivity index (χ2n) is 4.98. The molecule has 1 N–H and O–H groups in total.